The number of hydrogen-bond donors (Lipinski definition) is 4. The van der Waals surface area contributed by atoms with Gasteiger partial charge in [0, 0.05) is 9.92 Å². The van der Waals surface area contributed by atoms with Gasteiger partial charge in [-0.2, -0.15) is 0 Å². The van der Waals surface area contributed by atoms with Crippen molar-refractivity contribution in [3.8, 4) is 0 Å². The number of carbonyl (C=O) groups is 1. The van der Waals surface area contributed by atoms with Crippen molar-refractivity contribution < 1.29 is 9.90 Å². The summed E-state index contributed by atoms with van der Waals surface area (Å²) in [6, 6.07) is 6.85. The van der Waals surface area contributed by atoms with Crippen LogP contribution in [0.5, 0.6) is 0 Å². The summed E-state index contributed by atoms with van der Waals surface area (Å²) in [5.74, 6) is 3.96. The average molecular weight is 260 g/mol. The molecule has 0 radical (unpaired) electrons. The van der Waals surface area contributed by atoms with Crippen LogP contribution in [0, 0.1) is 0 Å². The molecule has 7 heteroatoms. The highest BCUT2D eigenvalue weighted by Gasteiger charge is 2.10. The van der Waals surface area contributed by atoms with E-state index in [4.69, 9.17) is 28.3 Å². The van der Waals surface area contributed by atoms with Gasteiger partial charge in [0.1, 0.15) is 10.7 Å². The number of aliphatic carboxylic acids is 1. The molecule has 0 spiro atoms. The highest BCUT2D eigenvalue weighted by molar-refractivity contribution is 8.03. The van der Waals surface area contributed by atoms with Crippen LogP contribution in [0.15, 0.2) is 39.9 Å². The van der Waals surface area contributed by atoms with Gasteiger partial charge in [-0.05, 0) is 24.3 Å². The first-order valence-electron chi connectivity index (χ1n) is 4.17. The summed E-state index contributed by atoms with van der Waals surface area (Å²) in [4.78, 5) is 11.4. The van der Waals surface area contributed by atoms with Gasteiger partial charge in [0.2, 0.25) is 0 Å². The molecule has 0 amide bonds. The third kappa shape index (κ3) is 3.34. The lowest BCUT2D eigenvalue weighted by Crippen LogP contribution is -2.26. The molecule has 0 aliphatic carbocycles. The summed E-state index contributed by atoms with van der Waals surface area (Å²) in [5, 5.41) is 9.47. The van der Waals surface area contributed by atoms with Crippen LogP contribution in [0.4, 0.5) is 0 Å². The monoisotopic (exact) mass is 259 g/mol. The molecule has 5 nitrogen and oxygen atoms in total. The largest absolute Gasteiger partial charge is 0.477 e. The summed E-state index contributed by atoms with van der Waals surface area (Å²) in [6.45, 7) is 0. The third-order valence-electron chi connectivity index (χ3n) is 1.64. The molecule has 1 aromatic carbocycles. The minimum absolute atomic E-state index is 0.176. The highest BCUT2D eigenvalue weighted by atomic mass is 35.5. The molecule has 0 atom stereocenters. The fraction of sp³-hybridized carbons (Fsp3) is 0. The van der Waals surface area contributed by atoms with Crippen molar-refractivity contribution in [1.82, 2.24) is 5.43 Å². The van der Waals surface area contributed by atoms with Crippen LogP contribution < -0.4 is 17.0 Å². The average Bonchev–Trinajstić information content (AvgIpc) is 2.27. The molecule has 0 aliphatic rings. The van der Waals surface area contributed by atoms with Crippen LogP contribution in [0.25, 0.3) is 0 Å². The molecular formula is C9H10ClN3O2S. The molecule has 0 saturated heterocycles. The lowest BCUT2D eigenvalue weighted by Gasteiger charge is -2.07. The zero-order valence-electron chi connectivity index (χ0n) is 8.11. The van der Waals surface area contributed by atoms with Crippen LogP contribution in [-0.4, -0.2) is 11.1 Å². The number of rotatable bonds is 4. The molecule has 86 valence electrons. The first-order valence-corrected chi connectivity index (χ1v) is 5.37. The van der Waals surface area contributed by atoms with Crippen LogP contribution >= 0.6 is 23.4 Å². The SMILES string of the molecule is NN/C(Sc1ccc(Cl)cc1)=C(\N)C(=O)O. The number of thioether (sulfide) groups is 1. The van der Waals surface area contributed by atoms with Gasteiger partial charge < -0.3 is 16.3 Å². The molecule has 0 aliphatic heterocycles. The molecule has 0 fully saturated rings. The second-order valence-corrected chi connectivity index (χ2v) is 4.27. The Hall–Kier alpha value is -1.37. The molecule has 0 aromatic heterocycles. The lowest BCUT2D eigenvalue weighted by molar-refractivity contribution is -0.132. The first kappa shape index (κ1) is 12.7. The van der Waals surface area contributed by atoms with Gasteiger partial charge in [-0.25, -0.2) is 10.6 Å². The number of benzene rings is 1. The quantitative estimate of drug-likeness (QED) is 0.280. The van der Waals surface area contributed by atoms with Gasteiger partial charge in [-0.1, -0.05) is 23.4 Å². The minimum Gasteiger partial charge on any atom is -0.477 e. The van der Waals surface area contributed by atoms with Crippen LogP contribution in [0.1, 0.15) is 0 Å². The zero-order valence-corrected chi connectivity index (χ0v) is 9.68. The molecule has 1 rings (SSSR count). The van der Waals surface area contributed by atoms with Gasteiger partial charge in [-0.15, -0.1) is 0 Å². The van der Waals surface area contributed by atoms with Crippen molar-refractivity contribution in [2.45, 2.75) is 4.90 Å². The number of halogens is 1. The third-order valence-corrected chi connectivity index (χ3v) is 2.94. The Morgan fingerprint density at radius 2 is 1.94 bits per heavy atom. The number of nitrogens with one attached hydrogen (secondary N) is 1. The number of nitrogens with two attached hydrogens (primary N) is 2. The fourth-order valence-electron chi connectivity index (χ4n) is 0.880. The Balaban J connectivity index is 2.90. The van der Waals surface area contributed by atoms with E-state index in [1.54, 1.807) is 24.3 Å². The number of hydrazine groups is 1. The summed E-state index contributed by atoms with van der Waals surface area (Å²) in [6.07, 6.45) is 0. The van der Waals surface area contributed by atoms with Crippen LogP contribution in [0.2, 0.25) is 5.02 Å². The smallest absolute Gasteiger partial charge is 0.354 e. The van der Waals surface area contributed by atoms with Gasteiger partial charge in [-0.3, -0.25) is 0 Å². The van der Waals surface area contributed by atoms with E-state index in [9.17, 15) is 4.79 Å². The molecule has 16 heavy (non-hydrogen) atoms. The lowest BCUT2D eigenvalue weighted by atomic mass is 10.4. The summed E-state index contributed by atoms with van der Waals surface area (Å²) in [7, 11) is 0. The van der Waals surface area contributed by atoms with E-state index >= 15 is 0 Å². The predicted octanol–water partition coefficient (Wildman–Crippen LogP) is 1.11. The predicted molar refractivity (Wildman–Crippen MR) is 63.5 cm³/mol. The molecule has 1 aromatic rings. The summed E-state index contributed by atoms with van der Waals surface area (Å²) in [5.41, 5.74) is 7.26. The van der Waals surface area contributed by atoms with Gasteiger partial charge in [0.25, 0.3) is 0 Å². The second-order valence-electron chi connectivity index (χ2n) is 2.75. The minimum atomic E-state index is -1.23. The van der Waals surface area contributed by atoms with Gasteiger partial charge >= 0.3 is 5.97 Å². The Labute approximate surface area is 101 Å². The van der Waals surface area contributed by atoms with Crippen LogP contribution in [0.3, 0.4) is 0 Å². The van der Waals surface area contributed by atoms with E-state index in [-0.39, 0.29) is 10.7 Å². The van der Waals surface area contributed by atoms with E-state index in [0.717, 1.165) is 16.7 Å². The van der Waals surface area contributed by atoms with E-state index in [1.807, 2.05) is 0 Å². The van der Waals surface area contributed by atoms with Crippen molar-refractivity contribution >= 4 is 29.3 Å². The van der Waals surface area contributed by atoms with Crippen LogP contribution in [-0.2, 0) is 4.79 Å². The molecule has 6 N–H and O–H groups in total. The summed E-state index contributed by atoms with van der Waals surface area (Å²) >= 11 is 6.83. The topological polar surface area (TPSA) is 101 Å². The normalized spacial score (nSPS) is 11.9. The molecule has 0 unspecified atom stereocenters. The number of carboxylic acids is 1. The van der Waals surface area contributed by atoms with E-state index in [0.29, 0.717) is 5.02 Å². The maximum absolute atomic E-state index is 10.6. The fourth-order valence-corrected chi connectivity index (χ4v) is 1.77. The maximum Gasteiger partial charge on any atom is 0.354 e. The molecule has 0 heterocycles. The van der Waals surface area contributed by atoms with E-state index in [1.165, 1.54) is 0 Å². The Morgan fingerprint density at radius 1 is 1.38 bits per heavy atom. The van der Waals surface area contributed by atoms with Crippen molar-refractivity contribution in [2.24, 2.45) is 11.6 Å². The molecule has 0 bridgehead atoms. The highest BCUT2D eigenvalue weighted by Crippen LogP contribution is 2.26. The van der Waals surface area contributed by atoms with Gasteiger partial charge in [0.05, 0.1) is 0 Å². The van der Waals surface area contributed by atoms with E-state index < -0.39 is 5.97 Å². The van der Waals surface area contributed by atoms with Crippen molar-refractivity contribution in [2.75, 3.05) is 0 Å². The molecule has 0 saturated carbocycles. The van der Waals surface area contributed by atoms with Crippen molar-refractivity contribution in [3.05, 3.63) is 40.0 Å². The van der Waals surface area contributed by atoms with Crippen molar-refractivity contribution in [3.63, 3.8) is 0 Å². The van der Waals surface area contributed by atoms with Crippen molar-refractivity contribution in [1.29, 1.82) is 0 Å². The first-order chi connectivity index (χ1) is 7.54. The Morgan fingerprint density at radius 3 is 2.38 bits per heavy atom. The Bertz CT molecular complexity index is 419. The van der Waals surface area contributed by atoms with Gasteiger partial charge in [0.15, 0.2) is 0 Å². The standard InChI is InChI=1S/C9H10ClN3O2S/c10-5-1-3-6(4-2-5)16-8(13-12)7(11)9(14)15/h1-4,13H,11-12H2,(H,14,15)/b8-7+. The second kappa shape index (κ2) is 5.64. The molecular weight excluding hydrogens is 250 g/mol. The number of carboxylic acid groups (broad SMARTS) is 1. The van der Waals surface area contributed by atoms with E-state index in [2.05, 4.69) is 5.43 Å². The Kier molecular flexibility index (Phi) is 4.48. The summed E-state index contributed by atoms with van der Waals surface area (Å²) < 4.78 is 0. The maximum atomic E-state index is 10.6. The number of hydrogen-bond acceptors (Lipinski definition) is 5. The zero-order chi connectivity index (χ0) is 12.1.